The van der Waals surface area contributed by atoms with Gasteiger partial charge in [-0.15, -0.1) is 0 Å². The Hall–Kier alpha value is -3.13. The quantitative estimate of drug-likeness (QED) is 0.385. The van der Waals surface area contributed by atoms with Crippen LogP contribution < -0.4 is 15.4 Å². The van der Waals surface area contributed by atoms with Crippen molar-refractivity contribution in [3.8, 4) is 0 Å². The molecule has 0 unspecified atom stereocenters. The number of rotatable bonds is 7. The van der Waals surface area contributed by atoms with Crippen LogP contribution in [0.25, 0.3) is 0 Å². The monoisotopic (exact) mass is 479 g/mol. The predicted octanol–water partition coefficient (Wildman–Crippen LogP) is 6.00. The van der Waals surface area contributed by atoms with Gasteiger partial charge >= 0.3 is 0 Å². The third-order valence-corrected chi connectivity index (χ3v) is 7.76. The Bertz CT molecular complexity index is 1240. The molecular weight excluding hydrogens is 446 g/mol. The van der Waals surface area contributed by atoms with Crippen molar-refractivity contribution in [2.24, 2.45) is 0 Å². The molecule has 3 aromatic rings. The van der Waals surface area contributed by atoms with E-state index in [9.17, 15) is 8.42 Å². The van der Waals surface area contributed by atoms with Crippen LogP contribution in [0.1, 0.15) is 54.6 Å². The first-order chi connectivity index (χ1) is 16.2. The smallest absolute Gasteiger partial charge is 0.262 e. The highest BCUT2D eigenvalue weighted by Crippen LogP contribution is 2.26. The normalized spacial score (nSPS) is 14.6. The molecule has 1 aromatic heterocycles. The fourth-order valence-corrected chi connectivity index (χ4v) is 6.24. The zero-order valence-corrected chi connectivity index (χ0v) is 21.1. The van der Waals surface area contributed by atoms with Crippen LogP contribution in [0.3, 0.4) is 0 Å². The van der Waals surface area contributed by atoms with Crippen LogP contribution in [0.2, 0.25) is 0 Å². The van der Waals surface area contributed by atoms with Crippen LogP contribution >= 0.6 is 0 Å². The van der Waals surface area contributed by atoms with E-state index in [0.29, 0.717) is 28.3 Å². The minimum Gasteiger partial charge on any atom is -0.367 e. The van der Waals surface area contributed by atoms with Gasteiger partial charge < -0.3 is 10.6 Å². The van der Waals surface area contributed by atoms with Gasteiger partial charge in [0, 0.05) is 23.5 Å². The standard InChI is InChI=1S/C26H33N5O2S/c1-17-14-18(2)26(19(3)15-17)34(32,33)31-23-12-10-22(11-13-23)30-25-16-24(27-20(4)28-25)29-21-8-6-5-7-9-21/h10-16,21,31H,5-9H2,1-4H3,(H2,27,28,29,30). The lowest BCUT2D eigenvalue weighted by atomic mass is 9.95. The molecule has 0 radical (unpaired) electrons. The summed E-state index contributed by atoms with van der Waals surface area (Å²) in [5, 5.41) is 6.84. The summed E-state index contributed by atoms with van der Waals surface area (Å²) < 4.78 is 28.7. The van der Waals surface area contributed by atoms with E-state index in [-0.39, 0.29) is 0 Å². The first-order valence-corrected chi connectivity index (χ1v) is 13.3. The van der Waals surface area contributed by atoms with Gasteiger partial charge in [0.1, 0.15) is 17.5 Å². The molecule has 1 heterocycles. The van der Waals surface area contributed by atoms with Crippen molar-refractivity contribution in [3.63, 3.8) is 0 Å². The van der Waals surface area contributed by atoms with E-state index in [2.05, 4.69) is 25.3 Å². The molecule has 0 bridgehead atoms. The first kappa shape index (κ1) is 24.0. The highest BCUT2D eigenvalue weighted by atomic mass is 32.2. The van der Waals surface area contributed by atoms with Gasteiger partial charge in [0.2, 0.25) is 0 Å². The fraction of sp³-hybridized carbons (Fsp3) is 0.385. The van der Waals surface area contributed by atoms with Gasteiger partial charge in [0.05, 0.1) is 4.90 Å². The number of hydrogen-bond acceptors (Lipinski definition) is 6. The molecule has 0 saturated heterocycles. The van der Waals surface area contributed by atoms with Crippen molar-refractivity contribution in [1.29, 1.82) is 0 Å². The fourth-order valence-electron chi connectivity index (χ4n) is 4.73. The lowest BCUT2D eigenvalue weighted by Crippen LogP contribution is -2.23. The van der Waals surface area contributed by atoms with Gasteiger partial charge in [0.15, 0.2) is 0 Å². The van der Waals surface area contributed by atoms with Crippen molar-refractivity contribution in [2.45, 2.75) is 70.7 Å². The van der Waals surface area contributed by atoms with Crippen LogP contribution in [-0.2, 0) is 10.0 Å². The number of sulfonamides is 1. The molecule has 34 heavy (non-hydrogen) atoms. The summed E-state index contributed by atoms with van der Waals surface area (Å²) in [4.78, 5) is 9.36. The predicted molar refractivity (Wildman–Crippen MR) is 138 cm³/mol. The summed E-state index contributed by atoms with van der Waals surface area (Å²) >= 11 is 0. The summed E-state index contributed by atoms with van der Waals surface area (Å²) in [6, 6.07) is 13.3. The highest BCUT2D eigenvalue weighted by molar-refractivity contribution is 7.92. The van der Waals surface area contributed by atoms with Crippen molar-refractivity contribution in [3.05, 3.63) is 65.0 Å². The summed E-state index contributed by atoms with van der Waals surface area (Å²) in [7, 11) is -3.69. The maximum atomic E-state index is 13.0. The molecular formula is C26H33N5O2S. The Morgan fingerprint density at radius 2 is 1.38 bits per heavy atom. The van der Waals surface area contributed by atoms with Gasteiger partial charge in [-0.1, -0.05) is 37.0 Å². The average molecular weight is 480 g/mol. The number of nitrogens with zero attached hydrogens (tertiary/aromatic N) is 2. The van der Waals surface area contributed by atoms with E-state index < -0.39 is 10.0 Å². The second-order valence-electron chi connectivity index (χ2n) is 9.20. The van der Waals surface area contributed by atoms with Gasteiger partial charge in [-0.25, -0.2) is 18.4 Å². The van der Waals surface area contributed by atoms with E-state index in [1.165, 1.54) is 32.1 Å². The van der Waals surface area contributed by atoms with Crippen molar-refractivity contribution in [2.75, 3.05) is 15.4 Å². The lowest BCUT2D eigenvalue weighted by molar-refractivity contribution is 0.462. The minimum absolute atomic E-state index is 0.328. The highest BCUT2D eigenvalue weighted by Gasteiger charge is 2.20. The summed E-state index contributed by atoms with van der Waals surface area (Å²) in [5.74, 6) is 2.22. The van der Waals surface area contributed by atoms with Crippen LogP contribution in [0.4, 0.5) is 23.0 Å². The Morgan fingerprint density at radius 1 is 0.794 bits per heavy atom. The maximum absolute atomic E-state index is 13.0. The van der Waals surface area contributed by atoms with Crippen LogP contribution in [-0.4, -0.2) is 24.4 Å². The summed E-state index contributed by atoms with van der Waals surface area (Å²) in [6.45, 7) is 7.49. The Labute approximate surface area is 202 Å². The molecule has 3 N–H and O–H groups in total. The maximum Gasteiger partial charge on any atom is 0.262 e. The van der Waals surface area contributed by atoms with Gasteiger partial charge in [-0.05, 0) is 75.9 Å². The Morgan fingerprint density at radius 3 is 2.03 bits per heavy atom. The van der Waals surface area contributed by atoms with Crippen LogP contribution in [0.15, 0.2) is 47.4 Å². The molecule has 0 atom stereocenters. The minimum atomic E-state index is -3.69. The molecule has 1 fully saturated rings. The van der Waals surface area contributed by atoms with Crippen molar-refractivity contribution < 1.29 is 8.42 Å². The average Bonchev–Trinajstić information content (AvgIpc) is 2.74. The molecule has 1 saturated carbocycles. The first-order valence-electron chi connectivity index (χ1n) is 11.8. The molecule has 0 amide bonds. The molecule has 8 heteroatoms. The molecule has 7 nitrogen and oxygen atoms in total. The summed E-state index contributed by atoms with van der Waals surface area (Å²) in [5.41, 5.74) is 3.83. The molecule has 0 spiro atoms. The largest absolute Gasteiger partial charge is 0.367 e. The third-order valence-electron chi connectivity index (χ3n) is 6.08. The van der Waals surface area contributed by atoms with Crippen LogP contribution in [0.5, 0.6) is 0 Å². The zero-order valence-electron chi connectivity index (χ0n) is 20.3. The van der Waals surface area contributed by atoms with Gasteiger partial charge in [0.25, 0.3) is 10.0 Å². The van der Waals surface area contributed by atoms with Crippen molar-refractivity contribution >= 4 is 33.0 Å². The van der Waals surface area contributed by atoms with Crippen LogP contribution in [0, 0.1) is 27.7 Å². The second kappa shape index (κ2) is 10.0. The van der Waals surface area contributed by atoms with E-state index in [4.69, 9.17) is 0 Å². The number of hydrogen-bond donors (Lipinski definition) is 3. The molecule has 1 aliphatic rings. The number of aryl methyl sites for hydroxylation is 4. The Kier molecular flexibility index (Phi) is 7.07. The number of anilines is 4. The van der Waals surface area contributed by atoms with E-state index in [0.717, 1.165) is 28.2 Å². The molecule has 0 aliphatic heterocycles. The lowest BCUT2D eigenvalue weighted by Gasteiger charge is -2.23. The second-order valence-corrected chi connectivity index (χ2v) is 10.8. The third kappa shape index (κ3) is 5.86. The number of nitrogens with one attached hydrogen (secondary N) is 3. The number of benzene rings is 2. The molecule has 1 aliphatic carbocycles. The molecule has 2 aromatic carbocycles. The number of aromatic nitrogens is 2. The van der Waals surface area contributed by atoms with E-state index in [1.807, 2.05) is 58.0 Å². The zero-order chi connectivity index (χ0) is 24.3. The molecule has 180 valence electrons. The van der Waals surface area contributed by atoms with E-state index >= 15 is 0 Å². The van der Waals surface area contributed by atoms with Gasteiger partial charge in [-0.2, -0.15) is 0 Å². The van der Waals surface area contributed by atoms with Crippen molar-refractivity contribution in [1.82, 2.24) is 9.97 Å². The van der Waals surface area contributed by atoms with E-state index in [1.54, 1.807) is 12.1 Å². The Balaban J connectivity index is 1.46. The summed E-state index contributed by atoms with van der Waals surface area (Å²) in [6.07, 6.45) is 6.16. The SMILES string of the molecule is Cc1cc(C)c(S(=O)(=O)Nc2ccc(Nc3cc(NC4CCCCC4)nc(C)n3)cc2)c(C)c1. The molecule has 4 rings (SSSR count). The topological polar surface area (TPSA) is 96.0 Å². The van der Waals surface area contributed by atoms with Gasteiger partial charge in [-0.3, -0.25) is 4.72 Å².